The predicted molar refractivity (Wildman–Crippen MR) is 223 cm³/mol. The Morgan fingerprint density at radius 1 is 0.883 bits per heavy atom. The van der Waals surface area contributed by atoms with Crippen LogP contribution in [0.5, 0.6) is 0 Å². The van der Waals surface area contributed by atoms with Crippen molar-refractivity contribution in [1.29, 1.82) is 5.26 Å². The third kappa shape index (κ3) is 7.14. The SMILES string of the molecule is CN(C1CCC(n2cc(-c3cnc(-n4ncc5cc(C#N)cnc54)cc3NC3CCCC3)nn2)CC1)C1CCN(c2ccc3c(c2)C(=O)N(C2CCC(=O)NC2=O)C3)CC1. The van der Waals surface area contributed by atoms with E-state index in [0.717, 1.165) is 98.0 Å². The van der Waals surface area contributed by atoms with E-state index in [0.29, 0.717) is 53.7 Å². The molecule has 60 heavy (non-hydrogen) atoms. The maximum absolute atomic E-state index is 13.4. The van der Waals surface area contributed by atoms with Gasteiger partial charge in [-0.15, -0.1) is 5.10 Å². The molecule has 0 radical (unpaired) electrons. The number of aromatic nitrogens is 7. The van der Waals surface area contributed by atoms with E-state index in [1.165, 1.54) is 12.8 Å². The minimum absolute atomic E-state index is 0.128. The summed E-state index contributed by atoms with van der Waals surface area (Å²) in [5.41, 5.74) is 6.45. The highest BCUT2D eigenvalue weighted by molar-refractivity contribution is 6.05. The first-order chi connectivity index (χ1) is 29.3. The van der Waals surface area contributed by atoms with Crippen LogP contribution in [0.2, 0.25) is 0 Å². The van der Waals surface area contributed by atoms with E-state index < -0.39 is 6.04 Å². The molecule has 0 spiro atoms. The Hall–Kier alpha value is -6.21. The molecule has 4 fully saturated rings. The molecule has 1 unspecified atom stereocenters. The third-order valence-electron chi connectivity index (χ3n) is 13.7. The lowest BCUT2D eigenvalue weighted by atomic mass is 9.88. The molecule has 2 saturated carbocycles. The molecule has 2 saturated heterocycles. The van der Waals surface area contributed by atoms with Crippen molar-refractivity contribution in [2.24, 2.45) is 0 Å². The Morgan fingerprint density at radius 2 is 1.68 bits per heavy atom. The van der Waals surface area contributed by atoms with Gasteiger partial charge in [0.25, 0.3) is 5.91 Å². The van der Waals surface area contributed by atoms with E-state index in [9.17, 15) is 19.6 Å². The van der Waals surface area contributed by atoms with Gasteiger partial charge in [-0.1, -0.05) is 24.1 Å². The highest BCUT2D eigenvalue weighted by atomic mass is 16.2. The summed E-state index contributed by atoms with van der Waals surface area (Å²) >= 11 is 0. The lowest BCUT2D eigenvalue weighted by molar-refractivity contribution is -0.136. The van der Waals surface area contributed by atoms with Gasteiger partial charge in [0.1, 0.15) is 17.8 Å². The van der Waals surface area contributed by atoms with Crippen LogP contribution < -0.4 is 15.5 Å². The largest absolute Gasteiger partial charge is 0.382 e. The van der Waals surface area contributed by atoms with Crippen molar-refractivity contribution in [3.63, 3.8) is 0 Å². The second-order valence-corrected chi connectivity index (χ2v) is 17.2. The Bertz CT molecular complexity index is 2500. The molecule has 7 heterocycles. The van der Waals surface area contributed by atoms with E-state index in [2.05, 4.69) is 70.9 Å². The number of carbonyl (C=O) groups excluding carboxylic acids is 3. The van der Waals surface area contributed by atoms with Crippen LogP contribution in [0.15, 0.2) is 55.1 Å². The lowest BCUT2D eigenvalue weighted by Crippen LogP contribution is -2.52. The number of anilines is 2. The fourth-order valence-electron chi connectivity index (χ4n) is 10.2. The van der Waals surface area contributed by atoms with Crippen molar-refractivity contribution in [3.8, 4) is 23.1 Å². The number of fused-ring (bicyclic) bond motifs is 2. The molecule has 5 aliphatic rings. The van der Waals surface area contributed by atoms with Crippen LogP contribution in [0.4, 0.5) is 11.4 Å². The van der Waals surface area contributed by atoms with Crippen LogP contribution >= 0.6 is 0 Å². The highest BCUT2D eigenvalue weighted by Gasteiger charge is 2.40. The van der Waals surface area contributed by atoms with E-state index in [4.69, 9.17) is 4.98 Å². The van der Waals surface area contributed by atoms with Gasteiger partial charge in [-0.2, -0.15) is 15.0 Å². The normalized spacial score (nSPS) is 22.8. The van der Waals surface area contributed by atoms with Gasteiger partial charge in [0.2, 0.25) is 11.8 Å². The number of pyridine rings is 2. The number of hydrogen-bond donors (Lipinski definition) is 2. The predicted octanol–water partition coefficient (Wildman–Crippen LogP) is 5.15. The molecule has 10 rings (SSSR count). The standard InChI is InChI=1S/C44H49N13O3/c1-53(32-14-16-54(17-15-32)34-7-6-28-25-55(44(60)35(28)19-34)39-12-13-41(58)50-43(39)59)31-8-10-33(11-9-31)56-26-38(51-52-56)36-24-46-40(20-37(36)49-30-4-2-3-5-30)57-42-29(23-48-57)18-27(21-45)22-47-42/h6-7,18-20,22-24,26,30-33,39H,2-5,8-17,25H2,1H3,(H,46,49)(H,50,58,59). The Kier molecular flexibility index (Phi) is 9.99. The van der Waals surface area contributed by atoms with Crippen molar-refractivity contribution in [3.05, 3.63) is 71.8 Å². The van der Waals surface area contributed by atoms with Gasteiger partial charge in [-0.3, -0.25) is 19.7 Å². The van der Waals surface area contributed by atoms with E-state index in [1.807, 2.05) is 24.4 Å². The molecule has 16 heteroatoms. The van der Waals surface area contributed by atoms with Crippen molar-refractivity contribution < 1.29 is 14.4 Å². The van der Waals surface area contributed by atoms with Gasteiger partial charge < -0.3 is 20.0 Å². The zero-order valence-electron chi connectivity index (χ0n) is 33.8. The van der Waals surface area contributed by atoms with Crippen LogP contribution in [0.3, 0.4) is 0 Å². The molecule has 2 N–H and O–H groups in total. The van der Waals surface area contributed by atoms with Gasteiger partial charge in [-0.25, -0.2) is 14.6 Å². The van der Waals surface area contributed by atoms with Crippen molar-refractivity contribution >= 4 is 40.1 Å². The van der Waals surface area contributed by atoms with Gasteiger partial charge in [0.05, 0.1) is 24.0 Å². The quantitative estimate of drug-likeness (QED) is 0.187. The Morgan fingerprint density at radius 3 is 2.47 bits per heavy atom. The number of hydrogen-bond acceptors (Lipinski definition) is 12. The average molecular weight is 808 g/mol. The number of nitrogens with zero attached hydrogens (tertiary/aromatic N) is 11. The number of piperidine rings is 2. The van der Waals surface area contributed by atoms with Gasteiger partial charge in [0, 0.05) is 90.5 Å². The Balaban J connectivity index is 0.760. The van der Waals surface area contributed by atoms with Crippen LogP contribution in [0.25, 0.3) is 28.1 Å². The first-order valence-corrected chi connectivity index (χ1v) is 21.5. The van der Waals surface area contributed by atoms with Gasteiger partial charge >= 0.3 is 0 Å². The molecular weight excluding hydrogens is 759 g/mol. The minimum Gasteiger partial charge on any atom is -0.382 e. The van der Waals surface area contributed by atoms with Crippen LogP contribution in [-0.4, -0.2) is 107 Å². The number of amides is 3. The molecule has 3 aliphatic heterocycles. The first kappa shape index (κ1) is 38.0. The average Bonchev–Trinajstić information content (AvgIpc) is 4.11. The number of benzene rings is 1. The van der Waals surface area contributed by atoms with Gasteiger partial charge in [0.15, 0.2) is 11.5 Å². The number of nitriles is 1. The fraction of sp³-hybridized carbons (Fsp3) is 0.477. The number of imide groups is 1. The first-order valence-electron chi connectivity index (χ1n) is 21.5. The summed E-state index contributed by atoms with van der Waals surface area (Å²) in [6.45, 7) is 2.23. The summed E-state index contributed by atoms with van der Waals surface area (Å²) in [5, 5.41) is 30.2. The summed E-state index contributed by atoms with van der Waals surface area (Å²) in [6, 6.07) is 13.1. The molecular formula is C44H49N13O3. The zero-order valence-corrected chi connectivity index (χ0v) is 33.8. The van der Waals surface area contributed by atoms with E-state index >= 15 is 0 Å². The molecule has 2 aliphatic carbocycles. The molecule has 1 atom stereocenters. The van der Waals surface area contributed by atoms with Crippen LogP contribution in [0, 0.1) is 11.3 Å². The second-order valence-electron chi connectivity index (χ2n) is 17.2. The topological polar surface area (TPSA) is 183 Å². The summed E-state index contributed by atoms with van der Waals surface area (Å²) in [5.74, 6) is -0.139. The zero-order chi connectivity index (χ0) is 40.9. The maximum Gasteiger partial charge on any atom is 0.255 e. The molecule has 308 valence electrons. The fourth-order valence-corrected chi connectivity index (χ4v) is 10.2. The molecule has 16 nitrogen and oxygen atoms in total. The van der Waals surface area contributed by atoms with Crippen LogP contribution in [-0.2, 0) is 16.1 Å². The summed E-state index contributed by atoms with van der Waals surface area (Å²) in [7, 11) is 2.29. The minimum atomic E-state index is -0.601. The number of nitrogens with one attached hydrogen (secondary N) is 2. The van der Waals surface area contributed by atoms with Crippen LogP contribution in [0.1, 0.15) is 105 Å². The van der Waals surface area contributed by atoms with Gasteiger partial charge in [-0.05, 0) is 88.6 Å². The molecule has 0 bridgehead atoms. The summed E-state index contributed by atoms with van der Waals surface area (Å²) in [4.78, 5) is 53.5. The van der Waals surface area contributed by atoms with E-state index in [1.54, 1.807) is 28.0 Å². The van der Waals surface area contributed by atoms with E-state index in [-0.39, 0.29) is 30.2 Å². The van der Waals surface area contributed by atoms with Crippen molar-refractivity contribution in [2.75, 3.05) is 30.4 Å². The number of carbonyl (C=O) groups is 3. The maximum atomic E-state index is 13.4. The molecule has 4 aromatic heterocycles. The third-order valence-corrected chi connectivity index (χ3v) is 13.7. The molecule has 3 amide bonds. The smallest absolute Gasteiger partial charge is 0.255 e. The number of rotatable bonds is 9. The monoisotopic (exact) mass is 807 g/mol. The summed E-state index contributed by atoms with van der Waals surface area (Å²) < 4.78 is 3.77. The molecule has 5 aromatic rings. The Labute approximate surface area is 347 Å². The van der Waals surface area contributed by atoms with Crippen molar-refractivity contribution in [2.45, 2.75) is 114 Å². The molecule has 1 aromatic carbocycles. The van der Waals surface area contributed by atoms with Crippen molar-refractivity contribution in [1.82, 2.24) is 49.9 Å². The highest BCUT2D eigenvalue weighted by Crippen LogP contribution is 2.37. The lowest BCUT2D eigenvalue weighted by Gasteiger charge is -2.43. The summed E-state index contributed by atoms with van der Waals surface area (Å²) in [6.07, 6.45) is 18.9. The second kappa shape index (κ2) is 15.8.